The molecule has 1 N–H and O–H groups in total. The molecule has 0 amide bonds. The van der Waals surface area contributed by atoms with Crippen LogP contribution in [0, 0.1) is 0 Å². The zero-order valence-electron chi connectivity index (χ0n) is 16.4. The maximum Gasteiger partial charge on any atom is 0.316 e. The molecule has 144 valence electrons. The number of carboxylic acid groups (broad SMARTS) is 1. The van der Waals surface area contributed by atoms with Crippen molar-refractivity contribution in [3.8, 4) is 0 Å². The molecule has 0 aliphatic rings. The van der Waals surface area contributed by atoms with E-state index in [4.69, 9.17) is 5.11 Å². The van der Waals surface area contributed by atoms with Crippen LogP contribution >= 0.6 is 11.8 Å². The van der Waals surface area contributed by atoms with Gasteiger partial charge in [-0.2, -0.15) is 0 Å². The number of unbranched alkanes of at least 4 members (excludes halogenated alkanes) is 15. The number of rotatable bonds is 19. The summed E-state index contributed by atoms with van der Waals surface area (Å²) < 4.78 is 0. The minimum atomic E-state index is -0.684. The van der Waals surface area contributed by atoms with Gasteiger partial charge >= 0.3 is 5.97 Å². The zero-order chi connectivity index (χ0) is 17.9. The van der Waals surface area contributed by atoms with E-state index in [1.165, 1.54) is 103 Å². The quantitative estimate of drug-likeness (QED) is 0.243. The molecule has 0 bridgehead atoms. The van der Waals surface area contributed by atoms with Crippen LogP contribution in [0.4, 0.5) is 0 Å². The number of carbonyl (C=O) groups is 1. The van der Waals surface area contributed by atoms with Crippen LogP contribution in [0.25, 0.3) is 0 Å². The summed E-state index contributed by atoms with van der Waals surface area (Å²) in [6.07, 6.45) is 22.2. The van der Waals surface area contributed by atoms with Crippen molar-refractivity contribution in [1.82, 2.24) is 0 Å². The molecule has 2 nitrogen and oxygen atoms in total. The van der Waals surface area contributed by atoms with Crippen molar-refractivity contribution < 1.29 is 9.90 Å². The van der Waals surface area contributed by atoms with Crippen molar-refractivity contribution in [1.29, 1.82) is 0 Å². The van der Waals surface area contributed by atoms with Crippen molar-refractivity contribution in [2.24, 2.45) is 0 Å². The molecular formula is C21H42O2S. The fourth-order valence-corrected chi connectivity index (χ4v) is 3.85. The van der Waals surface area contributed by atoms with Gasteiger partial charge in [-0.25, -0.2) is 0 Å². The molecule has 0 heterocycles. The van der Waals surface area contributed by atoms with Crippen LogP contribution in [-0.4, -0.2) is 22.1 Å². The summed E-state index contributed by atoms with van der Waals surface area (Å²) in [7, 11) is 0. The van der Waals surface area contributed by atoms with Gasteiger partial charge in [0.2, 0.25) is 0 Å². The summed E-state index contributed by atoms with van der Waals surface area (Å²) in [6.45, 7) is 4.06. The van der Waals surface area contributed by atoms with Gasteiger partial charge < -0.3 is 5.11 Å². The molecule has 1 unspecified atom stereocenters. The first-order valence-corrected chi connectivity index (χ1v) is 11.6. The van der Waals surface area contributed by atoms with Gasteiger partial charge in [0.1, 0.15) is 0 Å². The first-order chi connectivity index (χ1) is 11.7. The first kappa shape index (κ1) is 23.8. The second-order valence-electron chi connectivity index (χ2n) is 7.15. The van der Waals surface area contributed by atoms with Crippen LogP contribution in [-0.2, 0) is 4.79 Å². The molecule has 0 aromatic carbocycles. The summed E-state index contributed by atoms with van der Waals surface area (Å²) in [5, 5.41) is 8.55. The van der Waals surface area contributed by atoms with E-state index in [0.717, 1.165) is 5.75 Å². The van der Waals surface area contributed by atoms with E-state index in [9.17, 15) is 4.79 Å². The molecular weight excluding hydrogens is 316 g/mol. The van der Waals surface area contributed by atoms with E-state index < -0.39 is 5.97 Å². The molecule has 0 aliphatic heterocycles. The predicted octanol–water partition coefficient (Wildman–Crippen LogP) is 7.45. The lowest BCUT2D eigenvalue weighted by atomic mass is 10.0. The topological polar surface area (TPSA) is 37.3 Å². The van der Waals surface area contributed by atoms with Crippen LogP contribution in [0.15, 0.2) is 0 Å². The summed E-state index contributed by atoms with van der Waals surface area (Å²) in [4.78, 5) is 10.7. The van der Waals surface area contributed by atoms with Gasteiger partial charge in [0.15, 0.2) is 0 Å². The summed E-state index contributed by atoms with van der Waals surface area (Å²) in [5.41, 5.74) is 0. The smallest absolute Gasteiger partial charge is 0.316 e. The lowest BCUT2D eigenvalue weighted by Gasteiger charge is -2.06. The standard InChI is InChI=1S/C21H42O2S/c1-3-4-5-6-7-8-9-10-11-12-13-14-15-16-17-18-19-24-20(2)21(22)23/h20H,3-19H2,1-2H3,(H,22,23). The van der Waals surface area contributed by atoms with Crippen molar-refractivity contribution >= 4 is 17.7 Å². The minimum Gasteiger partial charge on any atom is -0.480 e. The van der Waals surface area contributed by atoms with Crippen LogP contribution in [0.2, 0.25) is 0 Å². The number of hydrogen-bond donors (Lipinski definition) is 1. The van der Waals surface area contributed by atoms with E-state index in [-0.39, 0.29) is 5.25 Å². The number of aliphatic carboxylic acids is 1. The SMILES string of the molecule is CCCCCCCCCCCCCCCCCCSC(C)C(=O)O. The molecule has 0 aromatic rings. The fraction of sp³-hybridized carbons (Fsp3) is 0.952. The molecule has 3 heteroatoms. The van der Waals surface area contributed by atoms with Crippen molar-refractivity contribution in [3.63, 3.8) is 0 Å². The van der Waals surface area contributed by atoms with Gasteiger partial charge in [-0.1, -0.05) is 103 Å². The van der Waals surface area contributed by atoms with E-state index in [1.54, 1.807) is 18.7 Å². The van der Waals surface area contributed by atoms with Gasteiger partial charge in [-0.05, 0) is 19.1 Å². The number of hydrogen-bond acceptors (Lipinski definition) is 2. The monoisotopic (exact) mass is 358 g/mol. The average Bonchev–Trinajstić information content (AvgIpc) is 2.57. The predicted molar refractivity (Wildman–Crippen MR) is 109 cm³/mol. The third-order valence-electron chi connectivity index (χ3n) is 4.71. The molecule has 0 fully saturated rings. The Labute approximate surface area is 155 Å². The van der Waals surface area contributed by atoms with Gasteiger partial charge in [-0.15, -0.1) is 11.8 Å². The zero-order valence-corrected chi connectivity index (χ0v) is 17.2. The Hall–Kier alpha value is -0.180. The van der Waals surface area contributed by atoms with Crippen LogP contribution in [0.1, 0.15) is 117 Å². The Morgan fingerprint density at radius 3 is 1.38 bits per heavy atom. The molecule has 0 saturated heterocycles. The molecule has 1 atom stereocenters. The van der Waals surface area contributed by atoms with E-state index in [2.05, 4.69) is 6.92 Å². The minimum absolute atomic E-state index is 0.249. The normalized spacial score (nSPS) is 12.4. The molecule has 0 radical (unpaired) electrons. The van der Waals surface area contributed by atoms with Crippen molar-refractivity contribution in [2.45, 2.75) is 122 Å². The second-order valence-corrected chi connectivity index (χ2v) is 8.60. The van der Waals surface area contributed by atoms with Crippen molar-refractivity contribution in [3.05, 3.63) is 0 Å². The Kier molecular flexibility index (Phi) is 19.0. The van der Waals surface area contributed by atoms with Crippen LogP contribution in [0.5, 0.6) is 0 Å². The van der Waals surface area contributed by atoms with Crippen LogP contribution < -0.4 is 0 Å². The fourth-order valence-electron chi connectivity index (χ4n) is 2.98. The maximum atomic E-state index is 10.7. The highest BCUT2D eigenvalue weighted by Gasteiger charge is 2.09. The van der Waals surface area contributed by atoms with Crippen molar-refractivity contribution in [2.75, 3.05) is 5.75 Å². The van der Waals surface area contributed by atoms with E-state index >= 15 is 0 Å². The molecule has 0 saturated carbocycles. The third kappa shape index (κ3) is 18.2. The second kappa shape index (κ2) is 19.1. The molecule has 0 aromatic heterocycles. The highest BCUT2D eigenvalue weighted by Crippen LogP contribution is 2.16. The van der Waals surface area contributed by atoms with E-state index in [1.807, 2.05) is 0 Å². The lowest BCUT2D eigenvalue weighted by molar-refractivity contribution is -0.136. The Morgan fingerprint density at radius 1 is 0.708 bits per heavy atom. The summed E-state index contributed by atoms with van der Waals surface area (Å²) in [6, 6.07) is 0. The largest absolute Gasteiger partial charge is 0.480 e. The molecule has 0 spiro atoms. The average molecular weight is 359 g/mol. The van der Waals surface area contributed by atoms with Gasteiger partial charge in [-0.3, -0.25) is 4.79 Å². The Balaban J connectivity index is 3.04. The van der Waals surface area contributed by atoms with Gasteiger partial charge in [0.05, 0.1) is 5.25 Å². The molecule has 0 aliphatic carbocycles. The summed E-state index contributed by atoms with van der Waals surface area (Å²) >= 11 is 1.57. The molecule has 24 heavy (non-hydrogen) atoms. The molecule has 0 rings (SSSR count). The Morgan fingerprint density at radius 2 is 1.04 bits per heavy atom. The van der Waals surface area contributed by atoms with Gasteiger partial charge in [0, 0.05) is 0 Å². The third-order valence-corrected chi connectivity index (χ3v) is 5.94. The number of thioether (sulfide) groups is 1. The van der Waals surface area contributed by atoms with Crippen LogP contribution in [0.3, 0.4) is 0 Å². The first-order valence-electron chi connectivity index (χ1n) is 10.5. The lowest BCUT2D eigenvalue weighted by Crippen LogP contribution is -2.11. The highest BCUT2D eigenvalue weighted by molar-refractivity contribution is 8.00. The highest BCUT2D eigenvalue weighted by atomic mass is 32.2. The van der Waals surface area contributed by atoms with E-state index in [0.29, 0.717) is 0 Å². The summed E-state index contributed by atoms with van der Waals surface area (Å²) in [5.74, 6) is 0.308. The maximum absolute atomic E-state index is 10.7. The Bertz CT molecular complexity index is 269. The number of carboxylic acids is 1. The van der Waals surface area contributed by atoms with Gasteiger partial charge in [0.25, 0.3) is 0 Å².